The molecule has 0 unspecified atom stereocenters. The van der Waals surface area contributed by atoms with E-state index in [1.54, 1.807) is 5.38 Å². The van der Waals surface area contributed by atoms with Gasteiger partial charge in [0.1, 0.15) is 10.6 Å². The van der Waals surface area contributed by atoms with Crippen LogP contribution in [0.3, 0.4) is 0 Å². The van der Waals surface area contributed by atoms with E-state index in [9.17, 15) is 4.79 Å². The van der Waals surface area contributed by atoms with Gasteiger partial charge in [0.25, 0.3) is 0 Å². The Morgan fingerprint density at radius 1 is 1.67 bits per heavy atom. The number of rotatable bonds is 3. The van der Waals surface area contributed by atoms with Crippen molar-refractivity contribution < 1.29 is 9.53 Å². The maximum atomic E-state index is 11.5. The average Bonchev–Trinajstić information content (AvgIpc) is 2.50. The molecule has 1 aromatic rings. The largest absolute Gasteiger partial charge is 0.455 e. The molecule has 0 aliphatic heterocycles. The van der Waals surface area contributed by atoms with Gasteiger partial charge in [0.05, 0.1) is 6.54 Å². The van der Waals surface area contributed by atoms with E-state index in [1.807, 2.05) is 20.8 Å². The minimum Gasteiger partial charge on any atom is -0.455 e. The Bertz CT molecular complexity index is 346. The van der Waals surface area contributed by atoms with Crippen molar-refractivity contribution in [2.24, 2.45) is 0 Å². The highest BCUT2D eigenvalue weighted by atomic mass is 35.5. The molecule has 0 atom stereocenters. The van der Waals surface area contributed by atoms with Crippen LogP contribution in [0.15, 0.2) is 5.38 Å². The fourth-order valence-electron chi connectivity index (χ4n) is 0.873. The van der Waals surface area contributed by atoms with Gasteiger partial charge in [-0.15, -0.1) is 11.3 Å². The second kappa shape index (κ2) is 4.92. The molecule has 1 N–H and O–H groups in total. The number of hydrogen-bond donors (Lipinski definition) is 1. The predicted octanol–water partition coefficient (Wildman–Crippen LogP) is 2.34. The summed E-state index contributed by atoms with van der Waals surface area (Å²) in [5.41, 5.74) is -0.164. The van der Waals surface area contributed by atoms with Crippen LogP contribution in [0.25, 0.3) is 0 Å². The summed E-state index contributed by atoms with van der Waals surface area (Å²) < 4.78 is 5.17. The third-order valence-electron chi connectivity index (χ3n) is 1.38. The molecule has 15 heavy (non-hydrogen) atoms. The standard InChI is InChI=1S/C9H13ClN2O2S/c1-9(2,3)14-8(13)6-5-15-7(12-6)4-11-10/h5,11H,4H2,1-3H3. The molecule has 0 aromatic carbocycles. The third-order valence-corrected chi connectivity index (χ3v) is 2.36. The molecule has 4 nitrogen and oxygen atoms in total. The molecule has 0 saturated heterocycles. The molecule has 0 fully saturated rings. The first-order valence-electron chi connectivity index (χ1n) is 4.43. The lowest BCUT2D eigenvalue weighted by molar-refractivity contribution is 0.00635. The van der Waals surface area contributed by atoms with Crippen molar-refractivity contribution in [2.75, 3.05) is 0 Å². The zero-order chi connectivity index (χ0) is 11.5. The van der Waals surface area contributed by atoms with Gasteiger partial charge < -0.3 is 4.74 Å². The molecule has 0 aliphatic rings. The molecule has 1 aromatic heterocycles. The summed E-state index contributed by atoms with van der Waals surface area (Å²) >= 11 is 6.70. The van der Waals surface area contributed by atoms with Crippen LogP contribution >= 0.6 is 23.1 Å². The van der Waals surface area contributed by atoms with Crippen LogP contribution in [0.1, 0.15) is 36.3 Å². The monoisotopic (exact) mass is 248 g/mol. The lowest BCUT2D eigenvalue weighted by atomic mass is 10.2. The van der Waals surface area contributed by atoms with Gasteiger partial charge in [-0.3, -0.25) is 0 Å². The fourth-order valence-corrected chi connectivity index (χ4v) is 1.78. The molecule has 0 bridgehead atoms. The number of thiazole rings is 1. The van der Waals surface area contributed by atoms with Crippen LogP contribution in [-0.2, 0) is 11.3 Å². The van der Waals surface area contributed by atoms with E-state index in [0.717, 1.165) is 5.01 Å². The highest BCUT2D eigenvalue weighted by Gasteiger charge is 2.19. The number of hydrogen-bond acceptors (Lipinski definition) is 5. The summed E-state index contributed by atoms with van der Waals surface area (Å²) in [5, 5.41) is 2.42. The number of nitrogens with one attached hydrogen (secondary N) is 1. The summed E-state index contributed by atoms with van der Waals surface area (Å²) in [7, 11) is 0. The van der Waals surface area contributed by atoms with Gasteiger partial charge >= 0.3 is 5.97 Å². The molecule has 1 heterocycles. The summed E-state index contributed by atoms with van der Waals surface area (Å²) in [4.78, 5) is 18.1. The van der Waals surface area contributed by atoms with Crippen LogP contribution in [0.4, 0.5) is 0 Å². The molecule has 0 radical (unpaired) electrons. The quantitative estimate of drug-likeness (QED) is 0.659. The molecule has 6 heteroatoms. The Balaban J connectivity index is 2.66. The summed E-state index contributed by atoms with van der Waals surface area (Å²) in [6.07, 6.45) is 0. The molecule has 1 rings (SSSR count). The summed E-state index contributed by atoms with van der Waals surface area (Å²) in [6, 6.07) is 0. The molecule has 0 saturated carbocycles. The first kappa shape index (κ1) is 12.4. The zero-order valence-electron chi connectivity index (χ0n) is 8.83. The maximum absolute atomic E-state index is 11.5. The molecular formula is C9H13ClN2O2S. The second-order valence-electron chi connectivity index (χ2n) is 3.94. The number of aromatic nitrogens is 1. The van der Waals surface area contributed by atoms with E-state index in [1.165, 1.54) is 11.3 Å². The van der Waals surface area contributed by atoms with Gasteiger partial charge in [0.15, 0.2) is 5.69 Å². The van der Waals surface area contributed by atoms with E-state index >= 15 is 0 Å². The van der Waals surface area contributed by atoms with Crippen LogP contribution < -0.4 is 4.84 Å². The van der Waals surface area contributed by atoms with Crippen molar-refractivity contribution in [3.63, 3.8) is 0 Å². The lowest BCUT2D eigenvalue weighted by Gasteiger charge is -2.18. The topological polar surface area (TPSA) is 51.2 Å². The Morgan fingerprint density at radius 3 is 2.87 bits per heavy atom. The highest BCUT2D eigenvalue weighted by molar-refractivity contribution is 7.09. The Kier molecular flexibility index (Phi) is 4.07. The van der Waals surface area contributed by atoms with Gasteiger partial charge in [0.2, 0.25) is 0 Å². The van der Waals surface area contributed by atoms with Crippen molar-refractivity contribution >= 4 is 29.1 Å². The third kappa shape index (κ3) is 4.15. The minimum atomic E-state index is -0.494. The second-order valence-corrected chi connectivity index (χ2v) is 5.15. The maximum Gasteiger partial charge on any atom is 0.358 e. The van der Waals surface area contributed by atoms with E-state index in [-0.39, 0.29) is 0 Å². The molecule has 84 valence electrons. The fraction of sp³-hybridized carbons (Fsp3) is 0.556. The Hall–Kier alpha value is -0.650. The SMILES string of the molecule is CC(C)(C)OC(=O)c1csc(CNCl)n1. The molecule has 0 amide bonds. The summed E-state index contributed by atoms with van der Waals surface area (Å²) in [5.74, 6) is -0.403. The van der Waals surface area contributed by atoms with Crippen LogP contribution in [0, 0.1) is 0 Å². The predicted molar refractivity (Wildman–Crippen MR) is 60.0 cm³/mol. The van der Waals surface area contributed by atoms with Gasteiger partial charge in [-0.2, -0.15) is 0 Å². The van der Waals surface area contributed by atoms with Crippen molar-refractivity contribution in [3.8, 4) is 0 Å². The van der Waals surface area contributed by atoms with Crippen LogP contribution in [0.2, 0.25) is 0 Å². The zero-order valence-corrected chi connectivity index (χ0v) is 10.4. The lowest BCUT2D eigenvalue weighted by Crippen LogP contribution is -2.24. The highest BCUT2D eigenvalue weighted by Crippen LogP contribution is 2.14. The van der Waals surface area contributed by atoms with Crippen LogP contribution in [0.5, 0.6) is 0 Å². The normalized spacial score (nSPS) is 11.5. The van der Waals surface area contributed by atoms with Crippen molar-refractivity contribution in [1.82, 2.24) is 9.82 Å². The number of esters is 1. The van der Waals surface area contributed by atoms with E-state index in [0.29, 0.717) is 12.2 Å². The Labute approximate surface area is 97.7 Å². The smallest absolute Gasteiger partial charge is 0.358 e. The van der Waals surface area contributed by atoms with Gasteiger partial charge in [-0.25, -0.2) is 14.6 Å². The first-order chi connectivity index (χ1) is 6.92. The minimum absolute atomic E-state index is 0.330. The van der Waals surface area contributed by atoms with Crippen molar-refractivity contribution in [3.05, 3.63) is 16.1 Å². The number of halogens is 1. The van der Waals surface area contributed by atoms with Crippen LogP contribution in [-0.4, -0.2) is 16.6 Å². The number of nitrogens with zero attached hydrogens (tertiary/aromatic N) is 1. The first-order valence-corrected chi connectivity index (χ1v) is 5.69. The van der Waals surface area contributed by atoms with Gasteiger partial charge in [0, 0.05) is 5.38 Å². The van der Waals surface area contributed by atoms with Crippen molar-refractivity contribution in [2.45, 2.75) is 32.9 Å². The van der Waals surface area contributed by atoms with E-state index < -0.39 is 11.6 Å². The van der Waals surface area contributed by atoms with Crippen molar-refractivity contribution in [1.29, 1.82) is 0 Å². The van der Waals surface area contributed by atoms with Gasteiger partial charge in [-0.1, -0.05) is 0 Å². The average molecular weight is 249 g/mol. The molecular weight excluding hydrogens is 236 g/mol. The number of ether oxygens (including phenoxy) is 1. The number of carbonyl (C=O) groups is 1. The Morgan fingerprint density at radius 2 is 2.33 bits per heavy atom. The number of carbonyl (C=O) groups excluding carboxylic acids is 1. The van der Waals surface area contributed by atoms with Gasteiger partial charge in [-0.05, 0) is 32.5 Å². The summed E-state index contributed by atoms with van der Waals surface area (Å²) in [6.45, 7) is 5.89. The molecule has 0 spiro atoms. The molecule has 0 aliphatic carbocycles. The van der Waals surface area contributed by atoms with E-state index in [4.69, 9.17) is 16.5 Å². The van der Waals surface area contributed by atoms with E-state index in [2.05, 4.69) is 9.82 Å².